The molecule has 1 unspecified atom stereocenters. The Kier molecular flexibility index (Phi) is 4.10. The first-order valence-corrected chi connectivity index (χ1v) is 6.00. The molecule has 1 atom stereocenters. The zero-order valence-electron chi connectivity index (χ0n) is 10.7. The number of morpholine rings is 1. The van der Waals surface area contributed by atoms with Crippen LogP contribution in [-0.4, -0.2) is 43.5 Å². The molecule has 2 rings (SSSR count). The Morgan fingerprint density at radius 2 is 2.10 bits per heavy atom. The molecule has 0 saturated carbocycles. The number of benzene rings is 1. The Morgan fingerprint density at radius 3 is 2.65 bits per heavy atom. The van der Waals surface area contributed by atoms with Crippen LogP contribution in [0.5, 0.6) is 0 Å². The minimum absolute atomic E-state index is 0.115. The van der Waals surface area contributed by atoms with E-state index in [1.54, 1.807) is 7.05 Å². The number of rotatable bonds is 2. The maximum absolute atomic E-state index is 13.4. The van der Waals surface area contributed by atoms with Crippen LogP contribution in [0.2, 0.25) is 0 Å². The second kappa shape index (κ2) is 5.49. The number of hydrogen-bond donors (Lipinski definition) is 0. The quantitative estimate of drug-likeness (QED) is 0.619. The Balaban J connectivity index is 2.21. The van der Waals surface area contributed by atoms with Gasteiger partial charge in [-0.2, -0.15) is 13.2 Å². The van der Waals surface area contributed by atoms with E-state index in [1.165, 1.54) is 0 Å². The van der Waals surface area contributed by atoms with E-state index in [4.69, 9.17) is 4.74 Å². The number of nitrogens with zero attached hydrogens (tertiary/aromatic N) is 1. The van der Waals surface area contributed by atoms with Crippen LogP contribution in [0.25, 0.3) is 0 Å². The van der Waals surface area contributed by atoms with Crippen molar-refractivity contribution in [1.82, 2.24) is 4.90 Å². The summed E-state index contributed by atoms with van der Waals surface area (Å²) in [5, 5.41) is 0. The van der Waals surface area contributed by atoms with E-state index in [0.29, 0.717) is 31.8 Å². The third-order valence-corrected chi connectivity index (χ3v) is 3.12. The van der Waals surface area contributed by atoms with Gasteiger partial charge in [-0.1, -0.05) is 6.07 Å². The van der Waals surface area contributed by atoms with E-state index >= 15 is 0 Å². The summed E-state index contributed by atoms with van der Waals surface area (Å²) in [5.41, 5.74) is -1.49. The van der Waals surface area contributed by atoms with Crippen molar-refractivity contribution in [2.24, 2.45) is 0 Å². The molecule has 1 fully saturated rings. The number of halogens is 4. The van der Waals surface area contributed by atoms with Gasteiger partial charge in [-0.25, -0.2) is 4.39 Å². The SMILES string of the molecule is CN1CCOC(C(=O)c2ccc(C(F)(F)F)c(F)c2)C1. The van der Waals surface area contributed by atoms with E-state index in [9.17, 15) is 22.4 Å². The lowest BCUT2D eigenvalue weighted by molar-refractivity contribution is -0.140. The van der Waals surface area contributed by atoms with Crippen molar-refractivity contribution in [3.63, 3.8) is 0 Å². The molecular weight excluding hydrogens is 278 g/mol. The highest BCUT2D eigenvalue weighted by molar-refractivity contribution is 5.99. The van der Waals surface area contributed by atoms with Gasteiger partial charge >= 0.3 is 6.18 Å². The standard InChI is InChI=1S/C13H13F4NO2/c1-18-4-5-20-11(7-18)12(19)8-2-3-9(10(14)6-8)13(15,16)17/h2-3,6,11H,4-5,7H2,1H3. The highest BCUT2D eigenvalue weighted by atomic mass is 19.4. The van der Waals surface area contributed by atoms with Gasteiger partial charge in [0, 0.05) is 18.7 Å². The molecule has 1 heterocycles. The van der Waals surface area contributed by atoms with E-state index in [2.05, 4.69) is 0 Å². The highest BCUT2D eigenvalue weighted by Crippen LogP contribution is 2.31. The third kappa shape index (κ3) is 3.16. The monoisotopic (exact) mass is 291 g/mol. The zero-order valence-corrected chi connectivity index (χ0v) is 10.7. The van der Waals surface area contributed by atoms with Crippen LogP contribution >= 0.6 is 0 Å². The Morgan fingerprint density at radius 1 is 1.40 bits per heavy atom. The van der Waals surface area contributed by atoms with Gasteiger partial charge in [0.1, 0.15) is 11.9 Å². The van der Waals surface area contributed by atoms with E-state index in [-0.39, 0.29) is 5.56 Å². The topological polar surface area (TPSA) is 29.5 Å². The molecule has 1 saturated heterocycles. The average molecular weight is 291 g/mol. The van der Waals surface area contributed by atoms with Gasteiger partial charge in [-0.3, -0.25) is 4.79 Å². The second-order valence-corrected chi connectivity index (χ2v) is 4.68. The third-order valence-electron chi connectivity index (χ3n) is 3.12. The Bertz CT molecular complexity index is 516. The summed E-state index contributed by atoms with van der Waals surface area (Å²) in [6.45, 7) is 1.36. The first-order valence-electron chi connectivity index (χ1n) is 6.00. The van der Waals surface area contributed by atoms with Gasteiger partial charge in [0.15, 0.2) is 5.78 Å². The molecule has 0 aliphatic carbocycles. The Labute approximate surface area is 113 Å². The highest BCUT2D eigenvalue weighted by Gasteiger charge is 2.35. The van der Waals surface area contributed by atoms with Crippen molar-refractivity contribution in [1.29, 1.82) is 0 Å². The van der Waals surface area contributed by atoms with Gasteiger partial charge in [0.25, 0.3) is 0 Å². The van der Waals surface area contributed by atoms with Crippen LogP contribution in [0.3, 0.4) is 0 Å². The molecule has 0 amide bonds. The molecule has 7 heteroatoms. The average Bonchev–Trinajstić information content (AvgIpc) is 2.36. The molecule has 20 heavy (non-hydrogen) atoms. The minimum Gasteiger partial charge on any atom is -0.367 e. The summed E-state index contributed by atoms with van der Waals surface area (Å²) >= 11 is 0. The lowest BCUT2D eigenvalue weighted by Crippen LogP contribution is -2.44. The molecule has 0 bridgehead atoms. The first kappa shape index (κ1) is 14.9. The minimum atomic E-state index is -4.77. The maximum Gasteiger partial charge on any atom is 0.419 e. The predicted molar refractivity (Wildman–Crippen MR) is 63.0 cm³/mol. The van der Waals surface area contributed by atoms with Crippen LogP contribution < -0.4 is 0 Å². The van der Waals surface area contributed by atoms with Gasteiger partial charge < -0.3 is 9.64 Å². The van der Waals surface area contributed by atoms with Crippen LogP contribution in [0.4, 0.5) is 17.6 Å². The molecule has 0 radical (unpaired) electrons. The summed E-state index contributed by atoms with van der Waals surface area (Å²) in [6.07, 6.45) is -5.54. The number of hydrogen-bond acceptors (Lipinski definition) is 3. The maximum atomic E-state index is 13.4. The summed E-state index contributed by atoms with van der Waals surface area (Å²) in [6, 6.07) is 2.17. The van der Waals surface area contributed by atoms with Crippen molar-refractivity contribution < 1.29 is 27.1 Å². The fourth-order valence-corrected chi connectivity index (χ4v) is 2.02. The second-order valence-electron chi connectivity index (χ2n) is 4.68. The molecule has 0 spiro atoms. The number of likely N-dealkylation sites (N-methyl/N-ethyl adjacent to an activating group) is 1. The normalized spacial score (nSPS) is 20.9. The fourth-order valence-electron chi connectivity index (χ4n) is 2.02. The summed E-state index contributed by atoms with van der Waals surface area (Å²) in [7, 11) is 1.80. The molecule has 1 aliphatic heterocycles. The van der Waals surface area contributed by atoms with Crippen LogP contribution in [0.15, 0.2) is 18.2 Å². The molecule has 1 aromatic rings. The van der Waals surface area contributed by atoms with E-state index < -0.39 is 29.4 Å². The predicted octanol–water partition coefficient (Wildman–Crippen LogP) is 2.36. The lowest BCUT2D eigenvalue weighted by Gasteiger charge is -2.29. The van der Waals surface area contributed by atoms with Crippen LogP contribution in [0.1, 0.15) is 15.9 Å². The van der Waals surface area contributed by atoms with E-state index in [1.807, 2.05) is 4.90 Å². The molecule has 1 aromatic carbocycles. The van der Waals surface area contributed by atoms with Crippen molar-refractivity contribution in [2.75, 3.05) is 26.7 Å². The van der Waals surface area contributed by atoms with Crippen molar-refractivity contribution in [3.05, 3.63) is 35.1 Å². The number of ether oxygens (including phenoxy) is 1. The number of carbonyl (C=O) groups excluding carboxylic acids is 1. The lowest BCUT2D eigenvalue weighted by atomic mass is 10.0. The molecule has 110 valence electrons. The molecule has 1 aliphatic rings. The van der Waals surface area contributed by atoms with Crippen molar-refractivity contribution in [2.45, 2.75) is 12.3 Å². The fraction of sp³-hybridized carbons (Fsp3) is 0.462. The molecule has 3 nitrogen and oxygen atoms in total. The summed E-state index contributed by atoms with van der Waals surface area (Å²) in [5.74, 6) is -1.96. The van der Waals surface area contributed by atoms with Gasteiger partial charge in [-0.15, -0.1) is 0 Å². The zero-order chi connectivity index (χ0) is 14.9. The van der Waals surface area contributed by atoms with Gasteiger partial charge in [0.05, 0.1) is 12.2 Å². The smallest absolute Gasteiger partial charge is 0.367 e. The van der Waals surface area contributed by atoms with Gasteiger partial charge in [-0.05, 0) is 19.2 Å². The van der Waals surface area contributed by atoms with Crippen molar-refractivity contribution >= 4 is 5.78 Å². The van der Waals surface area contributed by atoms with E-state index in [0.717, 1.165) is 6.07 Å². The number of carbonyl (C=O) groups is 1. The molecular formula is C13H13F4NO2. The largest absolute Gasteiger partial charge is 0.419 e. The summed E-state index contributed by atoms with van der Waals surface area (Å²) < 4.78 is 56.0. The Hall–Kier alpha value is -1.47. The first-order chi connectivity index (χ1) is 9.29. The van der Waals surface area contributed by atoms with Crippen LogP contribution in [-0.2, 0) is 10.9 Å². The number of alkyl halides is 3. The number of Topliss-reactive ketones (excluding diaryl/α,β-unsaturated/α-hetero) is 1. The van der Waals surface area contributed by atoms with Crippen LogP contribution in [0, 0.1) is 5.82 Å². The number of ketones is 1. The van der Waals surface area contributed by atoms with Gasteiger partial charge in [0.2, 0.25) is 0 Å². The summed E-state index contributed by atoms with van der Waals surface area (Å²) in [4.78, 5) is 13.9. The molecule has 0 aromatic heterocycles. The van der Waals surface area contributed by atoms with Crippen molar-refractivity contribution in [3.8, 4) is 0 Å². The molecule has 0 N–H and O–H groups in total.